The molecule has 0 aliphatic carbocycles. The molecule has 0 atom stereocenters. The van der Waals surface area contributed by atoms with Crippen LogP contribution in [-0.4, -0.2) is 13.4 Å². The molecule has 0 radical (unpaired) electrons. The summed E-state index contributed by atoms with van der Waals surface area (Å²) in [7, 11) is -3.89. The number of rotatable bonds is 6. The Labute approximate surface area is 172 Å². The first kappa shape index (κ1) is 20.3. The van der Waals surface area contributed by atoms with Crippen LogP contribution < -0.4 is 9.46 Å². The standard InChI is InChI=1S/C20H16N4O3S2/c1-13(2)15-7-14(11-21)8-17(9-15)27-19-4-3-18(10-16(19)12-22)29(25,26)24-20-23-5-6-28-20/h3-10,13H,1-2H3,(H,23,24). The minimum Gasteiger partial charge on any atom is -0.456 e. The number of hydrogen-bond acceptors (Lipinski definition) is 7. The third kappa shape index (κ3) is 4.72. The van der Waals surface area contributed by atoms with Crippen molar-refractivity contribution in [3.63, 3.8) is 0 Å². The number of hydrogen-bond donors (Lipinski definition) is 1. The minimum atomic E-state index is -3.89. The Morgan fingerprint density at radius 3 is 2.55 bits per heavy atom. The van der Waals surface area contributed by atoms with Gasteiger partial charge in [-0.1, -0.05) is 13.8 Å². The first-order valence-corrected chi connectivity index (χ1v) is 10.9. The Balaban J connectivity index is 1.94. The van der Waals surface area contributed by atoms with Crippen LogP contribution in [0.4, 0.5) is 5.13 Å². The zero-order valence-corrected chi connectivity index (χ0v) is 17.2. The molecule has 29 heavy (non-hydrogen) atoms. The molecule has 0 unspecified atom stereocenters. The molecular weight excluding hydrogens is 408 g/mol. The summed E-state index contributed by atoms with van der Waals surface area (Å²) < 4.78 is 33.2. The van der Waals surface area contributed by atoms with Gasteiger partial charge in [0.15, 0.2) is 5.13 Å². The molecule has 0 aliphatic rings. The molecule has 1 heterocycles. The lowest BCUT2D eigenvalue weighted by atomic mass is 10.0. The van der Waals surface area contributed by atoms with Crippen LogP contribution in [0, 0.1) is 22.7 Å². The molecule has 0 bridgehead atoms. The Morgan fingerprint density at radius 1 is 1.14 bits per heavy atom. The number of anilines is 1. The van der Waals surface area contributed by atoms with Gasteiger partial charge in [0.2, 0.25) is 0 Å². The average molecular weight is 425 g/mol. The van der Waals surface area contributed by atoms with Gasteiger partial charge in [0.1, 0.15) is 17.6 Å². The van der Waals surface area contributed by atoms with Gasteiger partial charge in [-0.05, 0) is 47.9 Å². The van der Waals surface area contributed by atoms with Gasteiger partial charge < -0.3 is 4.74 Å². The van der Waals surface area contributed by atoms with Crippen molar-refractivity contribution in [2.24, 2.45) is 0 Å². The van der Waals surface area contributed by atoms with Crippen molar-refractivity contribution < 1.29 is 13.2 Å². The molecule has 7 nitrogen and oxygen atoms in total. The molecule has 0 saturated heterocycles. The molecule has 146 valence electrons. The third-order valence-corrected chi connectivity index (χ3v) is 6.14. The number of nitriles is 2. The molecule has 0 fully saturated rings. The second kappa shape index (κ2) is 8.31. The number of nitrogens with zero attached hydrogens (tertiary/aromatic N) is 3. The summed E-state index contributed by atoms with van der Waals surface area (Å²) in [4.78, 5) is 3.82. The monoisotopic (exact) mass is 424 g/mol. The van der Waals surface area contributed by atoms with Crippen molar-refractivity contribution in [1.82, 2.24) is 4.98 Å². The minimum absolute atomic E-state index is 0.0560. The predicted molar refractivity (Wildman–Crippen MR) is 109 cm³/mol. The highest BCUT2D eigenvalue weighted by Gasteiger charge is 2.18. The van der Waals surface area contributed by atoms with Crippen LogP contribution in [0.1, 0.15) is 36.5 Å². The van der Waals surface area contributed by atoms with Crippen molar-refractivity contribution >= 4 is 26.5 Å². The van der Waals surface area contributed by atoms with Crippen molar-refractivity contribution in [2.45, 2.75) is 24.7 Å². The summed E-state index contributed by atoms with van der Waals surface area (Å²) in [6, 6.07) is 13.2. The van der Waals surface area contributed by atoms with E-state index in [-0.39, 0.29) is 27.3 Å². The topological polar surface area (TPSA) is 116 Å². The average Bonchev–Trinajstić information content (AvgIpc) is 3.20. The fourth-order valence-electron chi connectivity index (χ4n) is 2.51. The Morgan fingerprint density at radius 2 is 1.93 bits per heavy atom. The number of sulfonamides is 1. The van der Waals surface area contributed by atoms with Crippen LogP contribution in [0.25, 0.3) is 0 Å². The lowest BCUT2D eigenvalue weighted by Crippen LogP contribution is -2.13. The van der Waals surface area contributed by atoms with Gasteiger partial charge in [0.05, 0.1) is 22.1 Å². The lowest BCUT2D eigenvalue weighted by molar-refractivity contribution is 0.479. The second-order valence-electron chi connectivity index (χ2n) is 6.37. The van der Waals surface area contributed by atoms with Crippen LogP contribution in [-0.2, 0) is 10.0 Å². The number of benzene rings is 2. The first-order valence-electron chi connectivity index (χ1n) is 8.52. The van der Waals surface area contributed by atoms with Gasteiger partial charge in [-0.3, -0.25) is 4.72 Å². The Kier molecular flexibility index (Phi) is 5.83. The Hall–Kier alpha value is -3.40. The fourth-order valence-corrected chi connectivity index (χ4v) is 4.32. The highest BCUT2D eigenvalue weighted by molar-refractivity contribution is 7.93. The summed E-state index contributed by atoms with van der Waals surface area (Å²) in [5.41, 5.74) is 1.42. The van der Waals surface area contributed by atoms with Crippen LogP contribution in [0.15, 0.2) is 52.9 Å². The maximum Gasteiger partial charge on any atom is 0.263 e. The van der Waals surface area contributed by atoms with E-state index in [1.54, 1.807) is 23.6 Å². The van der Waals surface area contributed by atoms with Crippen LogP contribution >= 0.6 is 11.3 Å². The summed E-state index contributed by atoms with van der Waals surface area (Å²) in [5, 5.41) is 20.6. The molecule has 0 saturated carbocycles. The molecule has 1 N–H and O–H groups in total. The number of thiazole rings is 1. The zero-order chi connectivity index (χ0) is 21.0. The van der Waals surface area contributed by atoms with Gasteiger partial charge in [0.25, 0.3) is 10.0 Å². The van der Waals surface area contributed by atoms with Gasteiger partial charge >= 0.3 is 0 Å². The third-order valence-electron chi connectivity index (χ3n) is 3.99. The number of ether oxygens (including phenoxy) is 1. The first-order chi connectivity index (χ1) is 13.8. The summed E-state index contributed by atoms with van der Waals surface area (Å²) in [6.45, 7) is 3.99. The molecular formula is C20H16N4O3S2. The van der Waals surface area contributed by atoms with E-state index in [1.807, 2.05) is 19.9 Å². The largest absolute Gasteiger partial charge is 0.456 e. The van der Waals surface area contributed by atoms with E-state index in [1.165, 1.54) is 24.4 Å². The highest BCUT2D eigenvalue weighted by Crippen LogP contribution is 2.31. The lowest BCUT2D eigenvalue weighted by Gasteiger charge is -2.12. The number of nitrogens with one attached hydrogen (secondary N) is 1. The van der Waals surface area contributed by atoms with E-state index < -0.39 is 10.0 Å². The van der Waals surface area contributed by atoms with Gasteiger partial charge in [-0.15, -0.1) is 11.3 Å². The summed E-state index contributed by atoms with van der Waals surface area (Å²) >= 11 is 1.15. The van der Waals surface area contributed by atoms with E-state index in [9.17, 15) is 18.9 Å². The molecule has 3 rings (SSSR count). The van der Waals surface area contributed by atoms with Crippen molar-refractivity contribution in [1.29, 1.82) is 10.5 Å². The second-order valence-corrected chi connectivity index (χ2v) is 8.95. The molecule has 2 aromatic carbocycles. The zero-order valence-electron chi connectivity index (χ0n) is 15.6. The van der Waals surface area contributed by atoms with E-state index in [0.717, 1.165) is 16.9 Å². The van der Waals surface area contributed by atoms with E-state index >= 15 is 0 Å². The van der Waals surface area contributed by atoms with Crippen molar-refractivity contribution in [2.75, 3.05) is 4.72 Å². The molecule has 1 aromatic heterocycles. The van der Waals surface area contributed by atoms with Gasteiger partial charge in [-0.2, -0.15) is 10.5 Å². The highest BCUT2D eigenvalue weighted by atomic mass is 32.2. The normalized spacial score (nSPS) is 10.9. The fraction of sp³-hybridized carbons (Fsp3) is 0.150. The van der Waals surface area contributed by atoms with E-state index in [4.69, 9.17) is 4.74 Å². The molecule has 0 spiro atoms. The number of aromatic nitrogens is 1. The molecule has 3 aromatic rings. The van der Waals surface area contributed by atoms with E-state index in [2.05, 4.69) is 15.8 Å². The van der Waals surface area contributed by atoms with Crippen LogP contribution in [0.5, 0.6) is 11.5 Å². The van der Waals surface area contributed by atoms with Crippen molar-refractivity contribution in [3.8, 4) is 23.6 Å². The van der Waals surface area contributed by atoms with Crippen molar-refractivity contribution in [3.05, 3.63) is 64.7 Å². The predicted octanol–water partition coefficient (Wildman–Crippen LogP) is 4.60. The molecule has 9 heteroatoms. The van der Waals surface area contributed by atoms with Crippen LogP contribution in [0.3, 0.4) is 0 Å². The molecule has 0 aliphatic heterocycles. The summed E-state index contributed by atoms with van der Waals surface area (Å²) in [5.74, 6) is 0.789. The summed E-state index contributed by atoms with van der Waals surface area (Å²) in [6.07, 6.45) is 1.49. The smallest absolute Gasteiger partial charge is 0.263 e. The molecule has 0 amide bonds. The Bertz CT molecular complexity index is 1220. The maximum absolute atomic E-state index is 12.5. The van der Waals surface area contributed by atoms with Gasteiger partial charge in [-0.25, -0.2) is 13.4 Å². The van der Waals surface area contributed by atoms with Crippen LogP contribution in [0.2, 0.25) is 0 Å². The SMILES string of the molecule is CC(C)c1cc(C#N)cc(Oc2ccc(S(=O)(=O)Nc3nccs3)cc2C#N)c1. The maximum atomic E-state index is 12.5. The van der Waals surface area contributed by atoms with E-state index in [0.29, 0.717) is 11.3 Å². The van der Waals surface area contributed by atoms with Gasteiger partial charge in [0, 0.05) is 11.6 Å². The quantitative estimate of drug-likeness (QED) is 0.618.